The van der Waals surface area contributed by atoms with Crippen molar-refractivity contribution in [3.05, 3.63) is 12.3 Å². The Morgan fingerprint density at radius 3 is 2.67 bits per heavy atom. The predicted octanol–water partition coefficient (Wildman–Crippen LogP) is 1.55. The van der Waals surface area contributed by atoms with Gasteiger partial charge in [0, 0.05) is 25.3 Å². The first-order valence-corrected chi connectivity index (χ1v) is 7.16. The van der Waals surface area contributed by atoms with Gasteiger partial charge in [0.25, 0.3) is 0 Å². The highest BCUT2D eigenvalue weighted by molar-refractivity contribution is 5.68. The zero-order chi connectivity index (χ0) is 15.5. The van der Waals surface area contributed by atoms with Gasteiger partial charge < -0.3 is 20.7 Å². The summed E-state index contributed by atoms with van der Waals surface area (Å²) in [5, 5.41) is 2.91. The molecule has 0 aliphatic carbocycles. The maximum absolute atomic E-state index is 11.7. The summed E-state index contributed by atoms with van der Waals surface area (Å²) in [5.74, 6) is 1.11. The first kappa shape index (κ1) is 15.3. The Morgan fingerprint density at radius 1 is 1.43 bits per heavy atom. The van der Waals surface area contributed by atoms with Gasteiger partial charge in [-0.15, -0.1) is 0 Å². The molecular formula is C14H23N5O2. The average Bonchev–Trinajstić information content (AvgIpc) is 2.37. The first-order valence-electron chi connectivity index (χ1n) is 7.16. The molecule has 1 fully saturated rings. The molecule has 0 unspecified atom stereocenters. The lowest BCUT2D eigenvalue weighted by Gasteiger charge is -2.33. The van der Waals surface area contributed by atoms with Crippen molar-refractivity contribution in [1.82, 2.24) is 15.3 Å². The molecule has 116 valence electrons. The molecule has 1 aromatic rings. The van der Waals surface area contributed by atoms with Crippen LogP contribution in [0.25, 0.3) is 0 Å². The summed E-state index contributed by atoms with van der Waals surface area (Å²) in [6.07, 6.45) is 3.00. The lowest BCUT2D eigenvalue weighted by atomic mass is 10.1. The van der Waals surface area contributed by atoms with Crippen molar-refractivity contribution >= 4 is 17.9 Å². The quantitative estimate of drug-likeness (QED) is 0.859. The summed E-state index contributed by atoms with van der Waals surface area (Å²) >= 11 is 0. The Balaban J connectivity index is 1.82. The van der Waals surface area contributed by atoms with Gasteiger partial charge in [-0.2, -0.15) is 4.98 Å². The number of aromatic nitrogens is 2. The van der Waals surface area contributed by atoms with E-state index in [-0.39, 0.29) is 18.1 Å². The SMILES string of the molecule is CC(C)(C)OC(=O)NC1CCN(c2ccnc(N)n2)CC1. The Hall–Kier alpha value is -2.05. The van der Waals surface area contributed by atoms with Gasteiger partial charge in [-0.05, 0) is 39.7 Å². The number of nitrogens with two attached hydrogens (primary N) is 1. The molecule has 0 spiro atoms. The van der Waals surface area contributed by atoms with Crippen molar-refractivity contribution in [2.45, 2.75) is 45.3 Å². The number of ether oxygens (including phenoxy) is 1. The number of hydrogen-bond acceptors (Lipinski definition) is 6. The number of amides is 1. The molecule has 1 aliphatic heterocycles. The van der Waals surface area contributed by atoms with E-state index in [1.54, 1.807) is 6.20 Å². The highest BCUT2D eigenvalue weighted by Gasteiger charge is 2.24. The summed E-state index contributed by atoms with van der Waals surface area (Å²) in [4.78, 5) is 22.0. The van der Waals surface area contributed by atoms with E-state index in [1.807, 2.05) is 26.8 Å². The van der Waals surface area contributed by atoms with Crippen molar-refractivity contribution < 1.29 is 9.53 Å². The molecule has 7 nitrogen and oxygen atoms in total. The third-order valence-electron chi connectivity index (χ3n) is 3.20. The van der Waals surface area contributed by atoms with Crippen molar-refractivity contribution in [3.8, 4) is 0 Å². The molecule has 2 heterocycles. The van der Waals surface area contributed by atoms with Crippen LogP contribution in [-0.2, 0) is 4.74 Å². The number of nitrogens with one attached hydrogen (secondary N) is 1. The van der Waals surface area contributed by atoms with Gasteiger partial charge in [0.15, 0.2) is 0 Å². The lowest BCUT2D eigenvalue weighted by Crippen LogP contribution is -2.46. The minimum Gasteiger partial charge on any atom is -0.444 e. The van der Waals surface area contributed by atoms with Crippen LogP contribution in [0.15, 0.2) is 12.3 Å². The molecule has 3 N–H and O–H groups in total. The van der Waals surface area contributed by atoms with E-state index < -0.39 is 5.60 Å². The summed E-state index contributed by atoms with van der Waals surface area (Å²) in [6, 6.07) is 1.98. The molecule has 2 rings (SSSR count). The smallest absolute Gasteiger partial charge is 0.407 e. The van der Waals surface area contributed by atoms with Crippen molar-refractivity contribution in [3.63, 3.8) is 0 Å². The fourth-order valence-corrected chi connectivity index (χ4v) is 2.27. The predicted molar refractivity (Wildman–Crippen MR) is 81.0 cm³/mol. The van der Waals surface area contributed by atoms with Crippen LogP contribution in [0.3, 0.4) is 0 Å². The summed E-state index contributed by atoms with van der Waals surface area (Å²) in [5.41, 5.74) is 5.13. The largest absolute Gasteiger partial charge is 0.444 e. The Bertz CT molecular complexity index is 492. The number of anilines is 2. The van der Waals surface area contributed by atoms with Crippen LogP contribution in [0.5, 0.6) is 0 Å². The van der Waals surface area contributed by atoms with Crippen LogP contribution < -0.4 is 16.0 Å². The molecule has 0 atom stereocenters. The number of nitrogen functional groups attached to an aromatic ring is 1. The van der Waals surface area contributed by atoms with E-state index in [0.29, 0.717) is 0 Å². The molecule has 21 heavy (non-hydrogen) atoms. The fourth-order valence-electron chi connectivity index (χ4n) is 2.27. The van der Waals surface area contributed by atoms with E-state index in [2.05, 4.69) is 20.2 Å². The normalized spacial score (nSPS) is 16.6. The number of hydrogen-bond donors (Lipinski definition) is 2. The highest BCUT2D eigenvalue weighted by Crippen LogP contribution is 2.18. The lowest BCUT2D eigenvalue weighted by molar-refractivity contribution is 0.0497. The molecule has 0 radical (unpaired) electrons. The number of carbonyl (C=O) groups is 1. The molecule has 1 saturated heterocycles. The Morgan fingerprint density at radius 2 is 2.10 bits per heavy atom. The number of alkyl carbamates (subject to hydrolysis) is 1. The summed E-state index contributed by atoms with van der Waals surface area (Å²) in [6.45, 7) is 7.20. The fraction of sp³-hybridized carbons (Fsp3) is 0.643. The zero-order valence-corrected chi connectivity index (χ0v) is 12.8. The maximum Gasteiger partial charge on any atom is 0.407 e. The molecular weight excluding hydrogens is 270 g/mol. The van der Waals surface area contributed by atoms with Gasteiger partial charge in [0.05, 0.1) is 0 Å². The van der Waals surface area contributed by atoms with Gasteiger partial charge in [0.1, 0.15) is 11.4 Å². The van der Waals surface area contributed by atoms with Crippen molar-refractivity contribution in [1.29, 1.82) is 0 Å². The molecule has 0 aromatic carbocycles. The molecule has 0 saturated carbocycles. The summed E-state index contributed by atoms with van der Waals surface area (Å²) in [7, 11) is 0. The topological polar surface area (TPSA) is 93.4 Å². The molecule has 1 aliphatic rings. The van der Waals surface area contributed by atoms with Gasteiger partial charge in [-0.25, -0.2) is 9.78 Å². The standard InChI is InChI=1S/C14H23N5O2/c1-14(2,3)21-13(20)17-10-5-8-19(9-6-10)11-4-7-16-12(15)18-11/h4,7,10H,5-6,8-9H2,1-3H3,(H,17,20)(H2,15,16,18). The van der Waals surface area contributed by atoms with Gasteiger partial charge in [0.2, 0.25) is 5.95 Å². The number of nitrogens with zero attached hydrogens (tertiary/aromatic N) is 3. The number of piperidine rings is 1. The van der Waals surface area contributed by atoms with Crippen molar-refractivity contribution in [2.24, 2.45) is 0 Å². The molecule has 1 amide bonds. The van der Waals surface area contributed by atoms with Crippen LogP contribution >= 0.6 is 0 Å². The minimum absolute atomic E-state index is 0.135. The van der Waals surface area contributed by atoms with Crippen molar-refractivity contribution in [2.75, 3.05) is 23.7 Å². The van der Waals surface area contributed by atoms with Crippen LogP contribution in [-0.4, -0.2) is 40.8 Å². The van der Waals surface area contributed by atoms with Crippen LogP contribution in [0, 0.1) is 0 Å². The molecule has 1 aromatic heterocycles. The van der Waals surface area contributed by atoms with Gasteiger partial charge >= 0.3 is 6.09 Å². The first-order chi connectivity index (χ1) is 9.83. The Labute approximate surface area is 124 Å². The third-order valence-corrected chi connectivity index (χ3v) is 3.20. The molecule has 0 bridgehead atoms. The highest BCUT2D eigenvalue weighted by atomic mass is 16.6. The van der Waals surface area contributed by atoms with Gasteiger partial charge in [-0.3, -0.25) is 0 Å². The zero-order valence-electron chi connectivity index (χ0n) is 12.8. The van der Waals surface area contributed by atoms with E-state index >= 15 is 0 Å². The van der Waals surface area contributed by atoms with Crippen LogP contribution in [0.2, 0.25) is 0 Å². The van der Waals surface area contributed by atoms with E-state index in [0.717, 1.165) is 31.7 Å². The van der Waals surface area contributed by atoms with Crippen LogP contribution in [0.1, 0.15) is 33.6 Å². The third kappa shape index (κ3) is 4.77. The molecule has 7 heteroatoms. The van der Waals surface area contributed by atoms with E-state index in [4.69, 9.17) is 10.5 Å². The Kier molecular flexibility index (Phi) is 4.50. The van der Waals surface area contributed by atoms with Gasteiger partial charge in [-0.1, -0.05) is 0 Å². The van der Waals surface area contributed by atoms with Crippen LogP contribution in [0.4, 0.5) is 16.6 Å². The van der Waals surface area contributed by atoms with E-state index in [9.17, 15) is 4.79 Å². The maximum atomic E-state index is 11.7. The van der Waals surface area contributed by atoms with E-state index in [1.165, 1.54) is 0 Å². The minimum atomic E-state index is -0.469. The second-order valence-electron chi connectivity index (χ2n) is 6.18. The second kappa shape index (κ2) is 6.15. The summed E-state index contributed by atoms with van der Waals surface area (Å²) < 4.78 is 5.27. The second-order valence-corrected chi connectivity index (χ2v) is 6.18. The number of rotatable bonds is 2. The monoisotopic (exact) mass is 293 g/mol. The average molecular weight is 293 g/mol. The number of carbonyl (C=O) groups excluding carboxylic acids is 1.